The zero-order valence-electron chi connectivity index (χ0n) is 19.9. The summed E-state index contributed by atoms with van der Waals surface area (Å²) in [4.78, 5) is 63.6. The number of aliphatic carboxylic acids is 1. The van der Waals surface area contributed by atoms with Crippen molar-refractivity contribution in [2.24, 2.45) is 5.92 Å². The summed E-state index contributed by atoms with van der Waals surface area (Å²) in [5.41, 5.74) is 2.49. The number of Topliss-reactive ketones (excluding diaryl/α,β-unsaturated/α-hetero) is 1. The number of hydrogen-bond acceptors (Lipinski definition) is 7. The molecular weight excluding hydrogens is 502 g/mol. The zero-order valence-corrected chi connectivity index (χ0v) is 20.7. The third kappa shape index (κ3) is 6.92. The molecule has 2 aromatic rings. The Morgan fingerprint density at radius 1 is 1.19 bits per heavy atom. The summed E-state index contributed by atoms with van der Waals surface area (Å²) >= 11 is 5.95. The van der Waals surface area contributed by atoms with Crippen molar-refractivity contribution in [1.82, 2.24) is 0 Å². The Labute approximate surface area is 217 Å². The molecular formula is C26H24ClN3O7. The molecule has 0 aliphatic carbocycles. The van der Waals surface area contributed by atoms with Crippen molar-refractivity contribution in [2.45, 2.75) is 32.3 Å². The number of benzene rings is 2. The first-order valence-electron chi connectivity index (χ1n) is 11.3. The lowest BCUT2D eigenvalue weighted by Gasteiger charge is -2.30. The van der Waals surface area contributed by atoms with Crippen molar-refractivity contribution in [3.63, 3.8) is 0 Å². The number of nitrogens with zero attached hydrogens (tertiary/aromatic N) is 2. The maximum Gasteiger partial charge on any atom is 0.304 e. The molecule has 1 aliphatic rings. The lowest BCUT2D eigenvalue weighted by molar-refractivity contribution is -0.160. The van der Waals surface area contributed by atoms with Gasteiger partial charge in [0, 0.05) is 37.1 Å². The van der Waals surface area contributed by atoms with Crippen molar-refractivity contribution in [1.29, 1.82) is 5.26 Å². The van der Waals surface area contributed by atoms with Crippen LogP contribution in [0.5, 0.6) is 0 Å². The Hall–Kier alpha value is -4.23. The quantitative estimate of drug-likeness (QED) is 0.335. The van der Waals surface area contributed by atoms with E-state index in [0.717, 1.165) is 6.92 Å². The van der Waals surface area contributed by atoms with Crippen LogP contribution in [0.15, 0.2) is 42.5 Å². The molecule has 0 saturated heterocycles. The van der Waals surface area contributed by atoms with Gasteiger partial charge in [0.05, 0.1) is 30.4 Å². The molecule has 0 aromatic heterocycles. The molecule has 0 radical (unpaired) electrons. The Morgan fingerprint density at radius 2 is 1.89 bits per heavy atom. The molecule has 37 heavy (non-hydrogen) atoms. The highest BCUT2D eigenvalue weighted by atomic mass is 35.5. The molecule has 1 aliphatic heterocycles. The first-order chi connectivity index (χ1) is 17.6. The van der Waals surface area contributed by atoms with Crippen LogP contribution in [0.4, 0.5) is 11.4 Å². The highest BCUT2D eigenvalue weighted by Crippen LogP contribution is 2.30. The number of carbonyl (C=O) groups is 5. The topological polar surface area (TPSA) is 154 Å². The van der Waals surface area contributed by atoms with Crippen LogP contribution in [-0.2, 0) is 41.6 Å². The van der Waals surface area contributed by atoms with Crippen LogP contribution in [0, 0.1) is 17.2 Å². The lowest BCUT2D eigenvalue weighted by Crippen LogP contribution is -2.47. The van der Waals surface area contributed by atoms with Crippen LogP contribution in [0.2, 0.25) is 0 Å². The van der Waals surface area contributed by atoms with Crippen LogP contribution >= 0.6 is 11.6 Å². The van der Waals surface area contributed by atoms with E-state index in [1.807, 2.05) is 6.07 Å². The van der Waals surface area contributed by atoms with E-state index in [4.69, 9.17) is 21.6 Å². The van der Waals surface area contributed by atoms with Gasteiger partial charge in [-0.15, -0.1) is 11.6 Å². The van der Waals surface area contributed by atoms with E-state index in [1.54, 1.807) is 30.3 Å². The van der Waals surface area contributed by atoms with E-state index in [1.165, 1.54) is 17.0 Å². The van der Waals surface area contributed by atoms with Gasteiger partial charge in [-0.1, -0.05) is 12.1 Å². The minimum atomic E-state index is -1.67. The second kappa shape index (κ2) is 12.1. The highest BCUT2D eigenvalue weighted by Gasteiger charge is 2.40. The normalized spacial score (nSPS) is 13.5. The van der Waals surface area contributed by atoms with Crippen LogP contribution in [0.1, 0.15) is 30.0 Å². The monoisotopic (exact) mass is 525 g/mol. The van der Waals surface area contributed by atoms with Gasteiger partial charge in [-0.05, 0) is 41.5 Å². The fourth-order valence-corrected chi connectivity index (χ4v) is 4.27. The molecule has 2 amide bonds. The molecule has 192 valence electrons. The number of carboxylic acids is 1. The minimum Gasteiger partial charge on any atom is -0.481 e. The number of halogens is 1. The third-order valence-corrected chi connectivity index (χ3v) is 5.92. The van der Waals surface area contributed by atoms with Gasteiger partial charge < -0.3 is 20.1 Å². The second-order valence-electron chi connectivity index (χ2n) is 8.43. The number of nitriles is 1. The van der Waals surface area contributed by atoms with Gasteiger partial charge in [0.1, 0.15) is 0 Å². The van der Waals surface area contributed by atoms with Crippen molar-refractivity contribution in [3.05, 3.63) is 59.2 Å². The molecule has 0 unspecified atom stereocenters. The van der Waals surface area contributed by atoms with Gasteiger partial charge in [0.25, 0.3) is 0 Å². The average molecular weight is 526 g/mol. The number of ether oxygens (including phenoxy) is 1. The molecule has 0 bridgehead atoms. The standard InChI is InChI=1S/C26H24ClN3O7/c1-15(31)37-25(22(32)10-16-2-4-17(14-28)5-3-16)20(13-24(34)35)26(36)30(9-8-27)19-6-7-21-18(11-19)12-23(33)29-21/h2-7,11,20,25H,8-10,12-13H2,1H3,(H,29,33)(H,34,35)/t20-,25-/m1/s1. The Morgan fingerprint density at radius 3 is 2.49 bits per heavy atom. The number of esters is 1. The van der Waals surface area contributed by atoms with Crippen LogP contribution < -0.4 is 10.2 Å². The molecule has 0 spiro atoms. The number of hydrogen-bond donors (Lipinski definition) is 2. The van der Waals surface area contributed by atoms with E-state index in [0.29, 0.717) is 28.1 Å². The average Bonchev–Trinajstić information content (AvgIpc) is 3.23. The smallest absolute Gasteiger partial charge is 0.304 e. The molecule has 0 saturated carbocycles. The van der Waals surface area contributed by atoms with Gasteiger partial charge in [0.15, 0.2) is 11.9 Å². The van der Waals surface area contributed by atoms with Crippen LogP contribution in [0.25, 0.3) is 0 Å². The highest BCUT2D eigenvalue weighted by molar-refractivity contribution is 6.18. The van der Waals surface area contributed by atoms with Crippen molar-refractivity contribution >= 4 is 52.5 Å². The predicted octanol–water partition coefficient (Wildman–Crippen LogP) is 2.46. The van der Waals surface area contributed by atoms with E-state index in [-0.39, 0.29) is 31.2 Å². The third-order valence-electron chi connectivity index (χ3n) is 5.75. The molecule has 10 nitrogen and oxygen atoms in total. The number of carboxylic acid groups (broad SMARTS) is 1. The van der Waals surface area contributed by atoms with Crippen molar-refractivity contribution < 1.29 is 33.8 Å². The van der Waals surface area contributed by atoms with Crippen LogP contribution in [0.3, 0.4) is 0 Å². The van der Waals surface area contributed by atoms with Crippen molar-refractivity contribution in [2.75, 3.05) is 22.6 Å². The lowest BCUT2D eigenvalue weighted by atomic mass is 9.90. The minimum absolute atomic E-state index is 0.00276. The fourth-order valence-electron chi connectivity index (χ4n) is 4.10. The molecule has 1 heterocycles. The number of ketones is 1. The first-order valence-corrected chi connectivity index (χ1v) is 11.9. The summed E-state index contributed by atoms with van der Waals surface area (Å²) in [6, 6.07) is 12.9. The molecule has 0 fully saturated rings. The van der Waals surface area contributed by atoms with Gasteiger partial charge >= 0.3 is 11.9 Å². The Kier molecular flexibility index (Phi) is 8.98. The number of amides is 2. The SMILES string of the molecule is CC(=O)O[C@@H](C(=O)Cc1ccc(C#N)cc1)[C@@H](CC(=O)O)C(=O)N(CCCl)c1ccc2c(c1)CC(=O)N2. The summed E-state index contributed by atoms with van der Waals surface area (Å²) in [5, 5.41) is 21.2. The maximum absolute atomic E-state index is 13.7. The Bertz CT molecular complexity index is 1270. The number of anilines is 2. The van der Waals surface area contributed by atoms with Gasteiger partial charge in [-0.25, -0.2) is 0 Å². The largest absolute Gasteiger partial charge is 0.481 e. The summed E-state index contributed by atoms with van der Waals surface area (Å²) < 4.78 is 5.23. The predicted molar refractivity (Wildman–Crippen MR) is 133 cm³/mol. The van der Waals surface area contributed by atoms with Crippen LogP contribution in [-0.4, -0.2) is 53.2 Å². The Balaban J connectivity index is 1.96. The van der Waals surface area contributed by atoms with Gasteiger partial charge in [-0.2, -0.15) is 5.26 Å². The summed E-state index contributed by atoms with van der Waals surface area (Å²) in [6.45, 7) is 1.04. The molecule has 11 heteroatoms. The molecule has 2 N–H and O–H groups in total. The number of alkyl halides is 1. The molecule has 2 atom stereocenters. The van der Waals surface area contributed by atoms with E-state index in [2.05, 4.69) is 5.32 Å². The van der Waals surface area contributed by atoms with E-state index < -0.39 is 42.1 Å². The number of fused-ring (bicyclic) bond motifs is 1. The number of rotatable bonds is 11. The first kappa shape index (κ1) is 27.4. The number of carbonyl (C=O) groups excluding carboxylic acids is 4. The van der Waals surface area contributed by atoms with Gasteiger partial charge in [-0.3, -0.25) is 24.0 Å². The molecule has 3 rings (SSSR count). The van der Waals surface area contributed by atoms with Crippen molar-refractivity contribution in [3.8, 4) is 6.07 Å². The zero-order chi connectivity index (χ0) is 27.1. The van der Waals surface area contributed by atoms with E-state index >= 15 is 0 Å². The van der Waals surface area contributed by atoms with Gasteiger partial charge in [0.2, 0.25) is 11.8 Å². The fraction of sp³-hybridized carbons (Fsp3) is 0.308. The summed E-state index contributed by atoms with van der Waals surface area (Å²) in [5.74, 6) is -5.40. The summed E-state index contributed by atoms with van der Waals surface area (Å²) in [6.07, 6.45) is -2.59. The molecule has 2 aromatic carbocycles. The number of nitrogens with one attached hydrogen (secondary N) is 1. The second-order valence-corrected chi connectivity index (χ2v) is 8.81. The maximum atomic E-state index is 13.7. The van der Waals surface area contributed by atoms with E-state index in [9.17, 15) is 29.1 Å². The summed E-state index contributed by atoms with van der Waals surface area (Å²) in [7, 11) is 0.